The zero-order valence-electron chi connectivity index (χ0n) is 18.9. The van der Waals surface area contributed by atoms with Gasteiger partial charge in [-0.1, -0.05) is 12.1 Å². The standard InChI is InChI=1S/C24H37N3O3/c1-4-27-14-11-24(22(27)28)19-26(15-16-29-2)18-23(24)9-12-25(13-10-23)17-20-5-7-21(30-3)8-6-20/h5-8H,4,9-19H2,1-3H3/t24-/m1/s1. The zero-order valence-corrected chi connectivity index (χ0v) is 18.9. The number of benzene rings is 1. The second kappa shape index (κ2) is 8.85. The Balaban J connectivity index is 1.47. The number of likely N-dealkylation sites (tertiary alicyclic amines) is 3. The normalized spacial score (nSPS) is 26.9. The molecule has 3 saturated heterocycles. The lowest BCUT2D eigenvalue weighted by Gasteiger charge is -2.47. The zero-order chi connectivity index (χ0) is 21.2. The number of rotatable bonds is 7. The van der Waals surface area contributed by atoms with Crippen LogP contribution in [0.2, 0.25) is 0 Å². The highest BCUT2D eigenvalue weighted by Gasteiger charge is 2.64. The molecule has 0 aromatic heterocycles. The van der Waals surface area contributed by atoms with Gasteiger partial charge >= 0.3 is 0 Å². The first-order valence-corrected chi connectivity index (χ1v) is 11.4. The predicted octanol–water partition coefficient (Wildman–Crippen LogP) is 2.48. The van der Waals surface area contributed by atoms with Crippen LogP contribution in [-0.4, -0.2) is 87.2 Å². The fourth-order valence-corrected chi connectivity index (χ4v) is 6.11. The van der Waals surface area contributed by atoms with E-state index < -0.39 is 0 Å². The third-order valence-corrected chi connectivity index (χ3v) is 7.91. The van der Waals surface area contributed by atoms with Gasteiger partial charge in [-0.2, -0.15) is 0 Å². The summed E-state index contributed by atoms with van der Waals surface area (Å²) < 4.78 is 10.6. The van der Waals surface area contributed by atoms with Crippen LogP contribution in [0.4, 0.5) is 0 Å². The Morgan fingerprint density at radius 1 is 0.967 bits per heavy atom. The van der Waals surface area contributed by atoms with E-state index in [1.165, 1.54) is 5.56 Å². The lowest BCUT2D eigenvalue weighted by molar-refractivity contribution is -0.142. The van der Waals surface area contributed by atoms with E-state index in [1.54, 1.807) is 14.2 Å². The molecule has 2 spiro atoms. The van der Waals surface area contributed by atoms with Crippen molar-refractivity contribution < 1.29 is 14.3 Å². The van der Waals surface area contributed by atoms with Gasteiger partial charge in [0, 0.05) is 51.8 Å². The number of carbonyl (C=O) groups is 1. The lowest BCUT2D eigenvalue weighted by Crippen LogP contribution is -2.52. The Morgan fingerprint density at radius 2 is 1.70 bits per heavy atom. The molecule has 0 bridgehead atoms. The van der Waals surface area contributed by atoms with Gasteiger partial charge in [0.05, 0.1) is 19.1 Å². The lowest BCUT2D eigenvalue weighted by atomic mass is 9.60. The maximum atomic E-state index is 13.5. The summed E-state index contributed by atoms with van der Waals surface area (Å²) in [5.74, 6) is 1.31. The number of nitrogens with zero attached hydrogens (tertiary/aromatic N) is 3. The Morgan fingerprint density at radius 3 is 2.30 bits per heavy atom. The fraction of sp³-hybridized carbons (Fsp3) is 0.708. The van der Waals surface area contributed by atoms with Crippen LogP contribution in [0.5, 0.6) is 5.75 Å². The molecule has 4 rings (SSSR count). The molecule has 0 aliphatic carbocycles. The van der Waals surface area contributed by atoms with Crippen LogP contribution in [0.3, 0.4) is 0 Å². The van der Waals surface area contributed by atoms with Crippen molar-refractivity contribution in [3.05, 3.63) is 29.8 Å². The van der Waals surface area contributed by atoms with Crippen molar-refractivity contribution in [1.29, 1.82) is 0 Å². The smallest absolute Gasteiger partial charge is 0.230 e. The monoisotopic (exact) mass is 415 g/mol. The van der Waals surface area contributed by atoms with Crippen LogP contribution in [0.1, 0.15) is 31.7 Å². The average Bonchev–Trinajstić information content (AvgIpc) is 3.26. The summed E-state index contributed by atoms with van der Waals surface area (Å²) in [6, 6.07) is 8.40. The summed E-state index contributed by atoms with van der Waals surface area (Å²) >= 11 is 0. The van der Waals surface area contributed by atoms with Crippen molar-refractivity contribution in [3.63, 3.8) is 0 Å². The molecule has 6 heteroatoms. The number of hydrogen-bond acceptors (Lipinski definition) is 5. The van der Waals surface area contributed by atoms with Gasteiger partial charge in [0.15, 0.2) is 0 Å². The molecule has 166 valence electrons. The molecule has 3 aliphatic heterocycles. The molecule has 0 radical (unpaired) electrons. The fourth-order valence-electron chi connectivity index (χ4n) is 6.11. The number of piperidine rings is 1. The van der Waals surface area contributed by atoms with E-state index >= 15 is 0 Å². The summed E-state index contributed by atoms with van der Waals surface area (Å²) in [6.45, 7) is 10.6. The molecular formula is C24H37N3O3. The van der Waals surface area contributed by atoms with Crippen molar-refractivity contribution in [1.82, 2.24) is 14.7 Å². The Hall–Kier alpha value is -1.63. The van der Waals surface area contributed by atoms with Crippen LogP contribution in [0, 0.1) is 10.8 Å². The number of carbonyl (C=O) groups excluding carboxylic acids is 1. The van der Waals surface area contributed by atoms with Gasteiger partial charge < -0.3 is 14.4 Å². The number of amides is 1. The maximum absolute atomic E-state index is 13.5. The first-order chi connectivity index (χ1) is 14.6. The SMILES string of the molecule is CCN1CC[C@@]2(CN(CCOC)CC23CCN(Cc2ccc(OC)cc2)CC3)C1=O. The molecule has 1 aromatic rings. The van der Waals surface area contributed by atoms with Crippen LogP contribution < -0.4 is 4.74 Å². The molecular weight excluding hydrogens is 378 g/mol. The minimum Gasteiger partial charge on any atom is -0.497 e. The van der Waals surface area contributed by atoms with Crippen molar-refractivity contribution in [3.8, 4) is 5.75 Å². The molecule has 1 aromatic carbocycles. The molecule has 1 amide bonds. The summed E-state index contributed by atoms with van der Waals surface area (Å²) in [5, 5.41) is 0. The van der Waals surface area contributed by atoms with Crippen molar-refractivity contribution in [2.75, 3.05) is 66.6 Å². The van der Waals surface area contributed by atoms with Gasteiger partial charge in [0.1, 0.15) is 5.75 Å². The van der Waals surface area contributed by atoms with Gasteiger partial charge in [-0.15, -0.1) is 0 Å². The van der Waals surface area contributed by atoms with E-state index in [0.29, 0.717) is 5.91 Å². The van der Waals surface area contributed by atoms with Gasteiger partial charge in [0.25, 0.3) is 0 Å². The molecule has 0 N–H and O–H groups in total. The molecule has 3 heterocycles. The summed E-state index contributed by atoms with van der Waals surface area (Å²) in [5.41, 5.74) is 1.24. The number of fused-ring (bicyclic) bond motifs is 1. The second-order valence-electron chi connectivity index (χ2n) is 9.32. The highest BCUT2D eigenvalue weighted by molar-refractivity contribution is 5.86. The van der Waals surface area contributed by atoms with Crippen LogP contribution in [-0.2, 0) is 16.1 Å². The maximum Gasteiger partial charge on any atom is 0.230 e. The van der Waals surface area contributed by atoms with Crippen LogP contribution in [0.25, 0.3) is 0 Å². The molecule has 30 heavy (non-hydrogen) atoms. The molecule has 0 saturated carbocycles. The van der Waals surface area contributed by atoms with E-state index in [4.69, 9.17) is 9.47 Å². The first kappa shape index (κ1) is 21.6. The van der Waals surface area contributed by atoms with E-state index in [1.807, 2.05) is 12.1 Å². The van der Waals surface area contributed by atoms with E-state index in [-0.39, 0.29) is 10.8 Å². The van der Waals surface area contributed by atoms with Crippen LogP contribution in [0.15, 0.2) is 24.3 Å². The quantitative estimate of drug-likeness (QED) is 0.685. The average molecular weight is 416 g/mol. The Kier molecular flexibility index (Phi) is 6.37. The topological polar surface area (TPSA) is 45.2 Å². The minimum atomic E-state index is -0.192. The van der Waals surface area contributed by atoms with Gasteiger partial charge in [-0.25, -0.2) is 0 Å². The van der Waals surface area contributed by atoms with E-state index in [0.717, 1.165) is 84.0 Å². The second-order valence-corrected chi connectivity index (χ2v) is 9.32. The largest absolute Gasteiger partial charge is 0.497 e. The van der Waals surface area contributed by atoms with Gasteiger partial charge in [-0.3, -0.25) is 14.6 Å². The minimum absolute atomic E-state index is 0.109. The highest BCUT2D eigenvalue weighted by atomic mass is 16.5. The van der Waals surface area contributed by atoms with Crippen molar-refractivity contribution >= 4 is 5.91 Å². The number of ether oxygens (including phenoxy) is 2. The highest BCUT2D eigenvalue weighted by Crippen LogP contribution is 2.57. The molecule has 0 unspecified atom stereocenters. The van der Waals surface area contributed by atoms with Crippen LogP contribution >= 0.6 is 0 Å². The third-order valence-electron chi connectivity index (χ3n) is 7.91. The third kappa shape index (κ3) is 3.74. The summed E-state index contributed by atoms with van der Waals surface area (Å²) in [6.07, 6.45) is 3.23. The number of methoxy groups -OCH3 is 2. The van der Waals surface area contributed by atoms with Gasteiger partial charge in [0.2, 0.25) is 5.91 Å². The van der Waals surface area contributed by atoms with E-state index in [9.17, 15) is 4.79 Å². The van der Waals surface area contributed by atoms with Crippen molar-refractivity contribution in [2.45, 2.75) is 32.7 Å². The summed E-state index contributed by atoms with van der Waals surface area (Å²) in [7, 11) is 3.47. The molecule has 3 aliphatic rings. The molecule has 1 atom stereocenters. The van der Waals surface area contributed by atoms with Gasteiger partial charge in [-0.05, 0) is 57.0 Å². The predicted molar refractivity (Wildman–Crippen MR) is 118 cm³/mol. The summed E-state index contributed by atoms with van der Waals surface area (Å²) in [4.78, 5) is 20.7. The molecule has 3 fully saturated rings. The van der Waals surface area contributed by atoms with Crippen molar-refractivity contribution in [2.24, 2.45) is 10.8 Å². The Bertz CT molecular complexity index is 730. The first-order valence-electron chi connectivity index (χ1n) is 11.4. The Labute approximate surface area is 181 Å². The molecule has 6 nitrogen and oxygen atoms in total. The number of hydrogen-bond donors (Lipinski definition) is 0. The van der Waals surface area contributed by atoms with E-state index in [2.05, 4.69) is 33.8 Å².